The van der Waals surface area contributed by atoms with E-state index in [-0.39, 0.29) is 0 Å². The van der Waals surface area contributed by atoms with Crippen molar-refractivity contribution in [2.24, 2.45) is 7.05 Å². The molecule has 6 heteroatoms. The molecule has 0 aliphatic carbocycles. The van der Waals surface area contributed by atoms with Crippen molar-refractivity contribution in [1.29, 1.82) is 0 Å². The average Bonchev–Trinajstić information content (AvgIpc) is 2.94. The van der Waals surface area contributed by atoms with Crippen molar-refractivity contribution in [3.8, 4) is 0 Å². The fourth-order valence-corrected chi connectivity index (χ4v) is 4.07. The number of halogens is 1. The van der Waals surface area contributed by atoms with Gasteiger partial charge < -0.3 is 0 Å². The van der Waals surface area contributed by atoms with E-state index in [4.69, 9.17) is 0 Å². The van der Waals surface area contributed by atoms with Crippen LogP contribution in [-0.4, -0.2) is 26.7 Å². The summed E-state index contributed by atoms with van der Waals surface area (Å²) in [5, 5.41) is 5.56. The van der Waals surface area contributed by atoms with Crippen LogP contribution in [0.5, 0.6) is 0 Å². The molecule has 3 aromatic rings. The van der Waals surface area contributed by atoms with E-state index in [9.17, 15) is 0 Å². The third-order valence-electron chi connectivity index (χ3n) is 3.43. The molecule has 0 bridgehead atoms. The van der Waals surface area contributed by atoms with Gasteiger partial charge >= 0.3 is 0 Å². The van der Waals surface area contributed by atoms with Gasteiger partial charge in [-0.3, -0.25) is 9.58 Å². The Morgan fingerprint density at radius 2 is 2.14 bits per heavy atom. The highest BCUT2D eigenvalue weighted by Crippen LogP contribution is 2.23. The summed E-state index contributed by atoms with van der Waals surface area (Å²) in [7, 11) is 4.07. The van der Waals surface area contributed by atoms with Crippen molar-refractivity contribution in [3.63, 3.8) is 0 Å². The van der Waals surface area contributed by atoms with E-state index in [0.717, 1.165) is 29.8 Å². The fraction of sp³-hybridized carbons (Fsp3) is 0.333. The van der Waals surface area contributed by atoms with Gasteiger partial charge in [0, 0.05) is 36.6 Å². The minimum absolute atomic E-state index is 0.882. The molecule has 0 radical (unpaired) electrons. The van der Waals surface area contributed by atoms with Crippen LogP contribution in [0.15, 0.2) is 28.2 Å². The summed E-state index contributed by atoms with van der Waals surface area (Å²) in [6.45, 7) is 3.85. The van der Waals surface area contributed by atoms with E-state index >= 15 is 0 Å². The second kappa shape index (κ2) is 5.87. The summed E-state index contributed by atoms with van der Waals surface area (Å²) >= 11 is 5.29. The smallest absolute Gasteiger partial charge is 0.157 e. The minimum atomic E-state index is 0.882. The first-order chi connectivity index (χ1) is 10.0. The Morgan fingerprint density at radius 3 is 2.86 bits per heavy atom. The first-order valence-corrected chi connectivity index (χ1v) is 8.35. The molecule has 4 nitrogen and oxygen atoms in total. The summed E-state index contributed by atoms with van der Waals surface area (Å²) in [4.78, 5) is 8.19. The molecule has 3 rings (SSSR count). The van der Waals surface area contributed by atoms with Crippen LogP contribution < -0.4 is 0 Å². The summed E-state index contributed by atoms with van der Waals surface area (Å²) in [5.74, 6) is 0. The van der Waals surface area contributed by atoms with E-state index in [0.29, 0.717) is 0 Å². The van der Waals surface area contributed by atoms with Crippen LogP contribution in [0.3, 0.4) is 0 Å². The molecule has 0 spiro atoms. The quantitative estimate of drug-likeness (QED) is 0.707. The number of aryl methyl sites for hydroxylation is 2. The van der Waals surface area contributed by atoms with Crippen molar-refractivity contribution >= 4 is 38.3 Å². The molecule has 3 heterocycles. The van der Waals surface area contributed by atoms with E-state index < -0.39 is 0 Å². The van der Waals surface area contributed by atoms with E-state index in [1.165, 1.54) is 14.2 Å². The number of hydrogen-bond donors (Lipinski definition) is 0. The van der Waals surface area contributed by atoms with Gasteiger partial charge in [-0.15, -0.1) is 11.3 Å². The highest BCUT2D eigenvalue weighted by molar-refractivity contribution is 9.11. The number of fused-ring (bicyclic) bond motifs is 1. The van der Waals surface area contributed by atoms with Crippen LogP contribution >= 0.6 is 27.3 Å². The van der Waals surface area contributed by atoms with Gasteiger partial charge in [-0.25, -0.2) is 4.98 Å². The SMILES string of the molecule is Cc1nn(C)c2ncc(CN(C)Cc3ccc(Br)s3)cc12. The molecule has 0 saturated carbocycles. The second-order valence-electron chi connectivity index (χ2n) is 5.30. The zero-order chi connectivity index (χ0) is 15.0. The molecule has 0 N–H and O–H groups in total. The Hall–Kier alpha value is -1.24. The van der Waals surface area contributed by atoms with Gasteiger partial charge in [-0.05, 0) is 53.7 Å². The second-order valence-corrected chi connectivity index (χ2v) is 7.85. The molecule has 0 aliphatic heterocycles. The van der Waals surface area contributed by atoms with Gasteiger partial charge in [-0.2, -0.15) is 5.10 Å². The topological polar surface area (TPSA) is 34.0 Å². The molecule has 21 heavy (non-hydrogen) atoms. The van der Waals surface area contributed by atoms with Crippen molar-refractivity contribution in [2.45, 2.75) is 20.0 Å². The average molecular weight is 365 g/mol. The predicted octanol–water partition coefficient (Wildman–Crippen LogP) is 3.73. The lowest BCUT2D eigenvalue weighted by Crippen LogP contribution is -2.16. The van der Waals surface area contributed by atoms with Crippen LogP contribution in [0.25, 0.3) is 11.0 Å². The number of aromatic nitrogens is 3. The summed E-state index contributed by atoms with van der Waals surface area (Å²) in [6, 6.07) is 6.46. The largest absolute Gasteiger partial charge is 0.297 e. The number of rotatable bonds is 4. The van der Waals surface area contributed by atoms with E-state index in [2.05, 4.69) is 56.2 Å². The van der Waals surface area contributed by atoms with Crippen LogP contribution in [0.1, 0.15) is 16.1 Å². The standard InChI is InChI=1S/C15H17BrN4S/c1-10-13-6-11(7-17-15(13)20(3)18-10)8-19(2)9-12-4-5-14(16)21-12/h4-7H,8-9H2,1-3H3. The van der Waals surface area contributed by atoms with Gasteiger partial charge in [0.05, 0.1) is 9.48 Å². The van der Waals surface area contributed by atoms with Gasteiger partial charge in [0.1, 0.15) is 0 Å². The van der Waals surface area contributed by atoms with Crippen molar-refractivity contribution in [1.82, 2.24) is 19.7 Å². The molecule has 3 aromatic heterocycles. The third-order valence-corrected chi connectivity index (χ3v) is 5.04. The maximum atomic E-state index is 4.53. The molecule has 0 saturated heterocycles. The number of nitrogens with zero attached hydrogens (tertiary/aromatic N) is 4. The van der Waals surface area contributed by atoms with Crippen LogP contribution in [-0.2, 0) is 20.1 Å². The van der Waals surface area contributed by atoms with Crippen molar-refractivity contribution in [3.05, 3.63) is 44.3 Å². The maximum absolute atomic E-state index is 4.53. The molecule has 0 amide bonds. The summed E-state index contributed by atoms with van der Waals surface area (Å²) in [6.07, 6.45) is 1.95. The first-order valence-electron chi connectivity index (χ1n) is 6.74. The van der Waals surface area contributed by atoms with Gasteiger partial charge in [-0.1, -0.05) is 0 Å². The minimum Gasteiger partial charge on any atom is -0.297 e. The zero-order valence-electron chi connectivity index (χ0n) is 12.3. The summed E-state index contributed by atoms with van der Waals surface area (Å²) in [5.41, 5.74) is 3.20. The molecule has 0 fully saturated rings. The zero-order valence-corrected chi connectivity index (χ0v) is 14.7. The first kappa shape index (κ1) is 14.7. The van der Waals surface area contributed by atoms with E-state index in [1.807, 2.05) is 24.9 Å². The van der Waals surface area contributed by atoms with Crippen LogP contribution in [0.4, 0.5) is 0 Å². The Kier molecular flexibility index (Phi) is 4.10. The number of pyridine rings is 1. The normalized spacial score (nSPS) is 11.7. The molecular weight excluding hydrogens is 348 g/mol. The molecule has 0 aliphatic rings. The molecular formula is C15H17BrN4S. The molecule has 0 atom stereocenters. The van der Waals surface area contributed by atoms with Crippen molar-refractivity contribution in [2.75, 3.05) is 7.05 Å². The lowest BCUT2D eigenvalue weighted by atomic mass is 10.2. The van der Waals surface area contributed by atoms with Crippen LogP contribution in [0.2, 0.25) is 0 Å². The van der Waals surface area contributed by atoms with Gasteiger partial charge in [0.15, 0.2) is 5.65 Å². The summed E-state index contributed by atoms with van der Waals surface area (Å²) < 4.78 is 3.02. The molecule has 0 aromatic carbocycles. The van der Waals surface area contributed by atoms with Crippen molar-refractivity contribution < 1.29 is 0 Å². The number of thiophene rings is 1. The van der Waals surface area contributed by atoms with Crippen LogP contribution in [0, 0.1) is 6.92 Å². The Labute approximate surface area is 136 Å². The fourth-order valence-electron chi connectivity index (χ4n) is 2.51. The predicted molar refractivity (Wildman–Crippen MR) is 90.4 cm³/mol. The Morgan fingerprint density at radius 1 is 1.33 bits per heavy atom. The third kappa shape index (κ3) is 3.17. The maximum Gasteiger partial charge on any atom is 0.157 e. The van der Waals surface area contributed by atoms with E-state index in [1.54, 1.807) is 11.3 Å². The lowest BCUT2D eigenvalue weighted by molar-refractivity contribution is 0.322. The van der Waals surface area contributed by atoms with Gasteiger partial charge in [0.2, 0.25) is 0 Å². The van der Waals surface area contributed by atoms with Gasteiger partial charge in [0.25, 0.3) is 0 Å². The lowest BCUT2D eigenvalue weighted by Gasteiger charge is -2.15. The number of hydrogen-bond acceptors (Lipinski definition) is 4. The highest BCUT2D eigenvalue weighted by Gasteiger charge is 2.09. The monoisotopic (exact) mass is 364 g/mol. The highest BCUT2D eigenvalue weighted by atomic mass is 79.9. The molecule has 0 unspecified atom stereocenters. The Balaban J connectivity index is 1.76. The molecule has 110 valence electrons. The Bertz CT molecular complexity index is 777.